The first-order valence-corrected chi connectivity index (χ1v) is 7.23. The number of aromatic nitrogens is 1. The minimum absolute atomic E-state index is 0.0929. The molecule has 1 aliphatic heterocycles. The first-order valence-electron chi connectivity index (χ1n) is 6.86. The zero-order valence-corrected chi connectivity index (χ0v) is 12.3. The number of halogens is 1. The largest absolute Gasteiger partial charge is 0.367 e. The van der Waals surface area contributed by atoms with Crippen molar-refractivity contribution in [3.63, 3.8) is 0 Å². The van der Waals surface area contributed by atoms with E-state index in [0.717, 1.165) is 19.6 Å². The highest BCUT2D eigenvalue weighted by Gasteiger charge is 2.17. The van der Waals surface area contributed by atoms with Gasteiger partial charge in [-0.05, 0) is 32.9 Å². The SMILES string of the molecule is CC(CNc1ncc([N+](=O)[O-])cc1Cl)N1CCCCC1. The van der Waals surface area contributed by atoms with E-state index < -0.39 is 4.92 Å². The number of pyridine rings is 1. The first-order chi connectivity index (χ1) is 9.58. The van der Waals surface area contributed by atoms with Crippen molar-refractivity contribution in [2.24, 2.45) is 0 Å². The molecule has 2 rings (SSSR count). The van der Waals surface area contributed by atoms with Crippen LogP contribution in [0.15, 0.2) is 12.3 Å². The Morgan fingerprint density at radius 1 is 1.50 bits per heavy atom. The molecular weight excluding hydrogens is 280 g/mol. The maximum Gasteiger partial charge on any atom is 0.289 e. The fraction of sp³-hybridized carbons (Fsp3) is 0.615. The molecule has 0 aromatic carbocycles. The Hall–Kier alpha value is -1.40. The van der Waals surface area contributed by atoms with Crippen LogP contribution in [0.1, 0.15) is 26.2 Å². The minimum Gasteiger partial charge on any atom is -0.367 e. The van der Waals surface area contributed by atoms with Crippen molar-refractivity contribution >= 4 is 23.1 Å². The molecule has 1 fully saturated rings. The van der Waals surface area contributed by atoms with E-state index in [1.165, 1.54) is 31.5 Å². The van der Waals surface area contributed by atoms with Gasteiger partial charge in [-0.2, -0.15) is 0 Å². The Balaban J connectivity index is 1.91. The molecule has 0 aliphatic carbocycles. The highest BCUT2D eigenvalue weighted by molar-refractivity contribution is 6.33. The number of hydrogen-bond acceptors (Lipinski definition) is 5. The van der Waals surface area contributed by atoms with Gasteiger partial charge < -0.3 is 5.32 Å². The highest BCUT2D eigenvalue weighted by atomic mass is 35.5. The van der Waals surface area contributed by atoms with E-state index in [2.05, 4.69) is 22.1 Å². The van der Waals surface area contributed by atoms with Crippen LogP contribution < -0.4 is 5.32 Å². The van der Waals surface area contributed by atoms with Gasteiger partial charge in [0.05, 0.1) is 9.95 Å². The summed E-state index contributed by atoms with van der Waals surface area (Å²) in [6.07, 6.45) is 5.04. The highest BCUT2D eigenvalue weighted by Crippen LogP contribution is 2.24. The molecular formula is C13H19ClN4O2. The van der Waals surface area contributed by atoms with Crippen LogP contribution in [0.25, 0.3) is 0 Å². The second-order valence-electron chi connectivity index (χ2n) is 5.11. The van der Waals surface area contributed by atoms with E-state index in [4.69, 9.17) is 11.6 Å². The zero-order valence-electron chi connectivity index (χ0n) is 11.5. The van der Waals surface area contributed by atoms with Crippen LogP contribution in [0.3, 0.4) is 0 Å². The number of piperidine rings is 1. The van der Waals surface area contributed by atoms with Crippen LogP contribution >= 0.6 is 11.6 Å². The van der Waals surface area contributed by atoms with Crippen molar-refractivity contribution in [3.05, 3.63) is 27.4 Å². The first kappa shape index (κ1) is 15.0. The van der Waals surface area contributed by atoms with Crippen molar-refractivity contribution in [1.29, 1.82) is 0 Å². The molecule has 110 valence electrons. The Kier molecular flexibility index (Phi) is 5.14. The van der Waals surface area contributed by atoms with E-state index in [0.29, 0.717) is 11.9 Å². The van der Waals surface area contributed by atoms with E-state index in [9.17, 15) is 10.1 Å². The van der Waals surface area contributed by atoms with Gasteiger partial charge in [0, 0.05) is 18.7 Å². The maximum absolute atomic E-state index is 10.6. The third-order valence-corrected chi connectivity index (χ3v) is 3.90. The number of nitrogens with zero attached hydrogens (tertiary/aromatic N) is 3. The summed E-state index contributed by atoms with van der Waals surface area (Å²) < 4.78 is 0. The van der Waals surface area contributed by atoms with Crippen LogP contribution in [0.5, 0.6) is 0 Å². The molecule has 0 saturated carbocycles. The number of likely N-dealkylation sites (tertiary alicyclic amines) is 1. The van der Waals surface area contributed by atoms with Crippen molar-refractivity contribution < 1.29 is 4.92 Å². The number of nitro groups is 1. The van der Waals surface area contributed by atoms with Gasteiger partial charge in [0.25, 0.3) is 5.69 Å². The third kappa shape index (κ3) is 3.80. The number of anilines is 1. The summed E-state index contributed by atoms with van der Waals surface area (Å²) >= 11 is 6.00. The fourth-order valence-corrected chi connectivity index (χ4v) is 2.62. The molecule has 0 amide bonds. The van der Waals surface area contributed by atoms with Crippen LogP contribution in [0.4, 0.5) is 11.5 Å². The van der Waals surface area contributed by atoms with Crippen LogP contribution in [-0.2, 0) is 0 Å². The van der Waals surface area contributed by atoms with E-state index in [1.54, 1.807) is 0 Å². The van der Waals surface area contributed by atoms with Crippen molar-refractivity contribution in [3.8, 4) is 0 Å². The molecule has 1 aromatic heterocycles. The fourth-order valence-electron chi connectivity index (χ4n) is 2.39. The van der Waals surface area contributed by atoms with Crippen LogP contribution in [0.2, 0.25) is 5.02 Å². The third-order valence-electron chi connectivity index (χ3n) is 3.62. The molecule has 1 unspecified atom stereocenters. The van der Waals surface area contributed by atoms with Crippen molar-refractivity contribution in [2.75, 3.05) is 25.0 Å². The lowest BCUT2D eigenvalue weighted by molar-refractivity contribution is -0.385. The summed E-state index contributed by atoms with van der Waals surface area (Å²) in [6, 6.07) is 1.71. The monoisotopic (exact) mass is 298 g/mol. The average molecular weight is 299 g/mol. The molecule has 20 heavy (non-hydrogen) atoms. The molecule has 1 aromatic rings. The van der Waals surface area contributed by atoms with Crippen LogP contribution in [0, 0.1) is 10.1 Å². The lowest BCUT2D eigenvalue weighted by Gasteiger charge is -2.32. The standard InChI is InChI=1S/C13H19ClN4O2/c1-10(17-5-3-2-4-6-17)8-15-13-12(14)7-11(9-16-13)18(19)20/h7,9-10H,2-6,8H2,1H3,(H,15,16). The second-order valence-corrected chi connectivity index (χ2v) is 5.51. The lowest BCUT2D eigenvalue weighted by atomic mass is 10.1. The predicted octanol–water partition coefficient (Wildman–Crippen LogP) is 2.93. The maximum atomic E-state index is 10.6. The summed E-state index contributed by atoms with van der Waals surface area (Å²) in [5, 5.41) is 14.1. The van der Waals surface area contributed by atoms with Crippen molar-refractivity contribution in [1.82, 2.24) is 9.88 Å². The summed E-state index contributed by atoms with van der Waals surface area (Å²) in [5.41, 5.74) is -0.0929. The lowest BCUT2D eigenvalue weighted by Crippen LogP contribution is -2.41. The van der Waals surface area contributed by atoms with E-state index in [1.807, 2.05) is 0 Å². The van der Waals surface area contributed by atoms with Gasteiger partial charge in [-0.3, -0.25) is 15.0 Å². The van der Waals surface area contributed by atoms with Crippen LogP contribution in [-0.4, -0.2) is 40.5 Å². The number of nitrogens with one attached hydrogen (secondary N) is 1. The predicted molar refractivity (Wildman–Crippen MR) is 79.3 cm³/mol. The average Bonchev–Trinajstić information content (AvgIpc) is 2.46. The molecule has 7 heteroatoms. The summed E-state index contributed by atoms with van der Waals surface area (Å²) in [6.45, 7) is 5.15. The number of hydrogen-bond donors (Lipinski definition) is 1. The summed E-state index contributed by atoms with van der Waals surface area (Å²) in [5.74, 6) is 0.501. The smallest absolute Gasteiger partial charge is 0.289 e. The van der Waals surface area contributed by atoms with E-state index >= 15 is 0 Å². The second kappa shape index (κ2) is 6.85. The Labute approximate surface area is 123 Å². The minimum atomic E-state index is -0.501. The number of rotatable bonds is 5. The van der Waals surface area contributed by atoms with Gasteiger partial charge in [-0.25, -0.2) is 4.98 Å². The molecule has 0 radical (unpaired) electrons. The quantitative estimate of drug-likeness (QED) is 0.668. The van der Waals surface area contributed by atoms with Gasteiger partial charge in [0.15, 0.2) is 0 Å². The molecule has 1 N–H and O–H groups in total. The van der Waals surface area contributed by atoms with Gasteiger partial charge in [0.2, 0.25) is 0 Å². The molecule has 6 nitrogen and oxygen atoms in total. The molecule has 0 spiro atoms. The Morgan fingerprint density at radius 2 is 2.20 bits per heavy atom. The van der Waals surface area contributed by atoms with Gasteiger partial charge in [-0.1, -0.05) is 18.0 Å². The topological polar surface area (TPSA) is 71.3 Å². The zero-order chi connectivity index (χ0) is 14.5. The van der Waals surface area contributed by atoms with Crippen molar-refractivity contribution in [2.45, 2.75) is 32.2 Å². The summed E-state index contributed by atoms with van der Waals surface area (Å²) in [4.78, 5) is 16.6. The molecule has 1 saturated heterocycles. The Bertz CT molecular complexity index is 477. The molecule has 1 atom stereocenters. The van der Waals surface area contributed by atoms with Gasteiger partial charge in [-0.15, -0.1) is 0 Å². The van der Waals surface area contributed by atoms with E-state index in [-0.39, 0.29) is 10.7 Å². The summed E-state index contributed by atoms with van der Waals surface area (Å²) in [7, 11) is 0. The molecule has 2 heterocycles. The molecule has 1 aliphatic rings. The molecule has 0 bridgehead atoms. The Morgan fingerprint density at radius 3 is 2.80 bits per heavy atom. The van der Waals surface area contributed by atoms with Gasteiger partial charge >= 0.3 is 0 Å². The normalized spacial score (nSPS) is 17.7. The van der Waals surface area contributed by atoms with Gasteiger partial charge in [0.1, 0.15) is 12.0 Å².